The molecule has 0 spiro atoms. The van der Waals surface area contributed by atoms with Gasteiger partial charge in [-0.2, -0.15) is 0 Å². The number of hydrogen-bond acceptors (Lipinski definition) is 4. The molecular formula is C17H32N2O3. The Balaban J connectivity index is 1.92. The number of ether oxygens (including phenoxy) is 1. The van der Waals surface area contributed by atoms with Gasteiger partial charge in [-0.05, 0) is 43.9 Å². The van der Waals surface area contributed by atoms with Crippen molar-refractivity contribution in [2.24, 2.45) is 17.1 Å². The summed E-state index contributed by atoms with van der Waals surface area (Å²) in [7, 11) is 0. The smallest absolute Gasteiger partial charge is 0.250 e. The molecule has 22 heavy (non-hydrogen) atoms. The maximum Gasteiger partial charge on any atom is 0.250 e. The highest BCUT2D eigenvalue weighted by Gasteiger charge is 2.42. The van der Waals surface area contributed by atoms with Crippen LogP contribution < -0.4 is 5.73 Å². The standard InChI is InChI=1S/C17H32N2O3/c1-15(2,3)13-5-7-17(21,8-6-13)12-19-9-10-22-16(4,11-19)14(18)20/h13,21H,5-12H2,1-4H3,(H2,18,20)/t13?,16-,17?/m0/s1. The zero-order valence-electron chi connectivity index (χ0n) is 14.5. The summed E-state index contributed by atoms with van der Waals surface area (Å²) in [5.41, 5.74) is 4.18. The largest absolute Gasteiger partial charge is 0.389 e. The van der Waals surface area contributed by atoms with E-state index in [0.29, 0.717) is 31.0 Å². The van der Waals surface area contributed by atoms with Crippen molar-refractivity contribution in [1.82, 2.24) is 4.90 Å². The first kappa shape index (κ1) is 17.7. The summed E-state index contributed by atoms with van der Waals surface area (Å²) in [5, 5.41) is 10.9. The molecule has 0 bridgehead atoms. The van der Waals surface area contributed by atoms with Crippen molar-refractivity contribution in [3.05, 3.63) is 0 Å². The molecule has 0 unspecified atom stereocenters. The van der Waals surface area contributed by atoms with E-state index in [1.165, 1.54) is 0 Å². The zero-order valence-corrected chi connectivity index (χ0v) is 14.5. The van der Waals surface area contributed by atoms with E-state index in [4.69, 9.17) is 10.5 Å². The van der Waals surface area contributed by atoms with Crippen molar-refractivity contribution in [2.75, 3.05) is 26.2 Å². The second-order valence-electron chi connectivity index (χ2n) is 8.52. The van der Waals surface area contributed by atoms with E-state index in [9.17, 15) is 9.90 Å². The Morgan fingerprint density at radius 3 is 2.45 bits per heavy atom. The van der Waals surface area contributed by atoms with E-state index in [2.05, 4.69) is 25.7 Å². The maximum atomic E-state index is 11.6. The number of hydrogen-bond donors (Lipinski definition) is 2. The molecule has 128 valence electrons. The van der Waals surface area contributed by atoms with Gasteiger partial charge in [0.15, 0.2) is 5.60 Å². The second-order valence-corrected chi connectivity index (χ2v) is 8.52. The lowest BCUT2D eigenvalue weighted by molar-refractivity contribution is -0.158. The number of primary amides is 1. The van der Waals surface area contributed by atoms with Crippen LogP contribution in [0.3, 0.4) is 0 Å². The van der Waals surface area contributed by atoms with E-state index in [1.54, 1.807) is 6.92 Å². The van der Waals surface area contributed by atoms with Gasteiger partial charge in [0.25, 0.3) is 5.91 Å². The average Bonchev–Trinajstić information content (AvgIpc) is 2.37. The Morgan fingerprint density at radius 1 is 1.36 bits per heavy atom. The highest BCUT2D eigenvalue weighted by molar-refractivity contribution is 5.83. The van der Waals surface area contributed by atoms with Gasteiger partial charge in [-0.1, -0.05) is 20.8 Å². The van der Waals surface area contributed by atoms with Crippen molar-refractivity contribution in [1.29, 1.82) is 0 Å². The van der Waals surface area contributed by atoms with E-state index in [1.807, 2.05) is 0 Å². The Kier molecular flexibility index (Phi) is 4.91. The number of aliphatic hydroxyl groups is 1. The minimum absolute atomic E-state index is 0.310. The molecule has 5 heteroatoms. The molecule has 0 aromatic carbocycles. The minimum atomic E-state index is -0.933. The van der Waals surface area contributed by atoms with Crippen LogP contribution in [0, 0.1) is 11.3 Å². The van der Waals surface area contributed by atoms with E-state index in [-0.39, 0.29) is 0 Å². The van der Waals surface area contributed by atoms with Crippen LogP contribution in [0.25, 0.3) is 0 Å². The third-order valence-corrected chi connectivity index (χ3v) is 5.53. The van der Waals surface area contributed by atoms with Crippen LogP contribution in [0.2, 0.25) is 0 Å². The van der Waals surface area contributed by atoms with Gasteiger partial charge in [-0.25, -0.2) is 0 Å². The fourth-order valence-corrected chi connectivity index (χ4v) is 3.83. The molecule has 0 radical (unpaired) electrons. The molecule has 1 aliphatic carbocycles. The lowest BCUT2D eigenvalue weighted by Gasteiger charge is -2.45. The predicted molar refractivity (Wildman–Crippen MR) is 86.4 cm³/mol. The topological polar surface area (TPSA) is 75.8 Å². The summed E-state index contributed by atoms with van der Waals surface area (Å²) in [4.78, 5) is 13.7. The Morgan fingerprint density at radius 2 is 1.95 bits per heavy atom. The number of carbonyl (C=O) groups excluding carboxylic acids is 1. The predicted octanol–water partition coefficient (Wildman–Crippen LogP) is 1.53. The summed E-state index contributed by atoms with van der Waals surface area (Å²) < 4.78 is 5.54. The monoisotopic (exact) mass is 312 g/mol. The fraction of sp³-hybridized carbons (Fsp3) is 0.941. The molecule has 5 nitrogen and oxygen atoms in total. The van der Waals surface area contributed by atoms with Gasteiger partial charge < -0.3 is 15.6 Å². The summed E-state index contributed by atoms with van der Waals surface area (Å²) in [6.07, 6.45) is 3.80. The van der Waals surface area contributed by atoms with Gasteiger partial charge in [0.2, 0.25) is 0 Å². The fourth-order valence-electron chi connectivity index (χ4n) is 3.83. The normalized spacial score (nSPS) is 38.0. The number of morpholine rings is 1. The van der Waals surface area contributed by atoms with Gasteiger partial charge in [0.05, 0.1) is 12.2 Å². The highest BCUT2D eigenvalue weighted by Crippen LogP contribution is 2.41. The summed E-state index contributed by atoms with van der Waals surface area (Å²) in [6, 6.07) is 0. The average molecular weight is 312 g/mol. The lowest BCUT2D eigenvalue weighted by atomic mass is 9.68. The number of carbonyl (C=O) groups is 1. The third kappa shape index (κ3) is 4.00. The van der Waals surface area contributed by atoms with E-state index < -0.39 is 17.1 Å². The van der Waals surface area contributed by atoms with Crippen LogP contribution in [0.15, 0.2) is 0 Å². The first-order chi connectivity index (χ1) is 10.0. The number of amides is 1. The Hall–Kier alpha value is -0.650. The van der Waals surface area contributed by atoms with Crippen molar-refractivity contribution in [3.8, 4) is 0 Å². The van der Waals surface area contributed by atoms with Crippen molar-refractivity contribution >= 4 is 5.91 Å². The van der Waals surface area contributed by atoms with Gasteiger partial charge in [0, 0.05) is 19.6 Å². The summed E-state index contributed by atoms with van der Waals surface area (Å²) in [6.45, 7) is 10.9. The molecule has 2 fully saturated rings. The number of β-amino-alcohol motifs (C(OH)–C–C–N with tert-alkyl or cyclic N) is 1. The molecule has 0 aromatic heterocycles. The number of nitrogens with zero attached hydrogens (tertiary/aromatic N) is 1. The van der Waals surface area contributed by atoms with Gasteiger partial charge >= 0.3 is 0 Å². The van der Waals surface area contributed by atoms with Gasteiger partial charge in [0.1, 0.15) is 0 Å². The lowest BCUT2D eigenvalue weighted by Crippen LogP contribution is -2.59. The van der Waals surface area contributed by atoms with Crippen molar-refractivity contribution in [2.45, 2.75) is 64.6 Å². The highest BCUT2D eigenvalue weighted by atomic mass is 16.5. The molecule has 1 heterocycles. The molecule has 2 aliphatic rings. The Bertz CT molecular complexity index is 411. The van der Waals surface area contributed by atoms with E-state index >= 15 is 0 Å². The number of nitrogens with two attached hydrogens (primary N) is 1. The van der Waals surface area contributed by atoms with Crippen LogP contribution in [-0.4, -0.2) is 53.4 Å². The zero-order chi connectivity index (χ0) is 16.6. The SMILES string of the molecule is CC(C)(C)C1CCC(O)(CN2CCO[C@](C)(C(N)=O)C2)CC1. The van der Waals surface area contributed by atoms with Gasteiger partial charge in [-0.3, -0.25) is 9.69 Å². The third-order valence-electron chi connectivity index (χ3n) is 5.53. The molecule has 2 rings (SSSR count). The maximum absolute atomic E-state index is 11.6. The molecule has 1 amide bonds. The molecule has 1 atom stereocenters. The van der Waals surface area contributed by atoms with E-state index in [0.717, 1.165) is 32.2 Å². The van der Waals surface area contributed by atoms with Crippen LogP contribution in [-0.2, 0) is 9.53 Å². The second kappa shape index (κ2) is 6.10. The van der Waals surface area contributed by atoms with Crippen LogP contribution in [0.1, 0.15) is 53.4 Å². The molecule has 3 N–H and O–H groups in total. The van der Waals surface area contributed by atoms with Crippen molar-refractivity contribution in [3.63, 3.8) is 0 Å². The quantitative estimate of drug-likeness (QED) is 0.828. The Labute approximate surface area is 134 Å². The molecule has 1 saturated carbocycles. The van der Waals surface area contributed by atoms with Crippen LogP contribution in [0.4, 0.5) is 0 Å². The molecule has 1 aliphatic heterocycles. The molecular weight excluding hydrogens is 280 g/mol. The number of rotatable bonds is 3. The van der Waals surface area contributed by atoms with Crippen molar-refractivity contribution < 1.29 is 14.6 Å². The van der Waals surface area contributed by atoms with Crippen LogP contribution in [0.5, 0.6) is 0 Å². The summed E-state index contributed by atoms with van der Waals surface area (Å²) >= 11 is 0. The first-order valence-electron chi connectivity index (χ1n) is 8.43. The summed E-state index contributed by atoms with van der Waals surface area (Å²) in [5.74, 6) is 0.244. The van der Waals surface area contributed by atoms with Gasteiger partial charge in [-0.15, -0.1) is 0 Å². The van der Waals surface area contributed by atoms with Crippen LogP contribution >= 0.6 is 0 Å². The minimum Gasteiger partial charge on any atom is -0.389 e. The molecule has 1 saturated heterocycles. The first-order valence-corrected chi connectivity index (χ1v) is 8.43. The molecule has 0 aromatic rings.